The summed E-state index contributed by atoms with van der Waals surface area (Å²) in [5, 5.41) is 0. The highest BCUT2D eigenvalue weighted by Crippen LogP contribution is 2.48. The van der Waals surface area contributed by atoms with Gasteiger partial charge in [0, 0.05) is 4.47 Å². The third-order valence-corrected chi connectivity index (χ3v) is 5.33. The Morgan fingerprint density at radius 3 is 2.11 bits per heavy atom. The molecule has 0 saturated heterocycles. The lowest BCUT2D eigenvalue weighted by Gasteiger charge is -2.38. The summed E-state index contributed by atoms with van der Waals surface area (Å²) in [6.45, 7) is 8.23. The van der Waals surface area contributed by atoms with Crippen LogP contribution in [-0.2, 0) is 13.9 Å². The van der Waals surface area contributed by atoms with E-state index in [-0.39, 0.29) is 11.4 Å². The number of hydrogen-bond acceptors (Lipinski definition) is 2. The van der Waals surface area contributed by atoms with E-state index in [0.717, 1.165) is 10.0 Å². The summed E-state index contributed by atoms with van der Waals surface area (Å²) in [6, 6.07) is 7.72. The zero-order valence-corrected chi connectivity index (χ0v) is 14.3. The number of hydrogen-bond donors (Lipinski definition) is 0. The van der Waals surface area contributed by atoms with Crippen molar-refractivity contribution in [2.45, 2.75) is 32.0 Å². The maximum Gasteiger partial charge on any atom is 0.327 e. The number of esters is 1. The second-order valence-electron chi connectivity index (χ2n) is 5.14. The normalized spacial score (nSPS) is 15.0. The Morgan fingerprint density at radius 1 is 1.22 bits per heavy atom. The fourth-order valence-corrected chi connectivity index (χ4v) is 2.41. The molecule has 1 rings (SSSR count). The second-order valence-corrected chi connectivity index (χ2v) is 7.24. The molecule has 0 amide bonds. The predicted octanol–water partition coefficient (Wildman–Crippen LogP) is 4.65. The quantitative estimate of drug-likeness (QED) is 0.566. The van der Waals surface area contributed by atoms with Crippen molar-refractivity contribution in [3.05, 3.63) is 34.3 Å². The van der Waals surface area contributed by atoms with Crippen LogP contribution in [0.25, 0.3) is 0 Å². The van der Waals surface area contributed by atoms with Gasteiger partial charge >= 0.3 is 5.97 Å². The van der Waals surface area contributed by atoms with E-state index in [1.165, 1.54) is 0 Å². The fraction of sp³-hybridized carbons (Fsp3) is 0.500. The molecule has 0 aliphatic carbocycles. The lowest BCUT2D eigenvalue weighted by Crippen LogP contribution is -2.43. The molecular formula is C14H18Br2O2. The molecule has 0 radical (unpaired) electrons. The first-order chi connectivity index (χ1) is 8.23. The van der Waals surface area contributed by atoms with Crippen LogP contribution in [0, 0.1) is 5.41 Å². The van der Waals surface area contributed by atoms with E-state index in [0.29, 0.717) is 6.61 Å². The highest BCUT2D eigenvalue weighted by Gasteiger charge is 2.49. The van der Waals surface area contributed by atoms with Gasteiger partial charge in [0.2, 0.25) is 0 Å². The van der Waals surface area contributed by atoms with E-state index in [1.54, 1.807) is 0 Å². The Morgan fingerprint density at radius 2 is 1.72 bits per heavy atom. The number of alkyl halides is 1. The summed E-state index contributed by atoms with van der Waals surface area (Å²) in [5.74, 6) is -0.250. The Kier molecular flexibility index (Phi) is 5.01. The van der Waals surface area contributed by atoms with Crippen LogP contribution in [0.5, 0.6) is 0 Å². The monoisotopic (exact) mass is 376 g/mol. The van der Waals surface area contributed by atoms with Crippen molar-refractivity contribution in [2.75, 3.05) is 6.61 Å². The van der Waals surface area contributed by atoms with Crippen LogP contribution in [0.1, 0.15) is 33.3 Å². The molecule has 0 aromatic heterocycles. The van der Waals surface area contributed by atoms with Gasteiger partial charge in [-0.3, -0.25) is 4.79 Å². The van der Waals surface area contributed by atoms with Gasteiger partial charge in [-0.25, -0.2) is 0 Å². The largest absolute Gasteiger partial charge is 0.465 e. The third kappa shape index (κ3) is 2.97. The van der Waals surface area contributed by atoms with Crippen molar-refractivity contribution < 1.29 is 9.53 Å². The van der Waals surface area contributed by atoms with Crippen LogP contribution in [-0.4, -0.2) is 12.6 Å². The first-order valence-corrected chi connectivity index (χ1v) is 7.44. The number of carbonyl (C=O) groups is 1. The van der Waals surface area contributed by atoms with E-state index >= 15 is 0 Å². The summed E-state index contributed by atoms with van der Waals surface area (Å²) >= 11 is 7.01. The number of rotatable bonds is 3. The topological polar surface area (TPSA) is 26.3 Å². The van der Waals surface area contributed by atoms with Crippen molar-refractivity contribution in [1.29, 1.82) is 0 Å². The Bertz CT molecular complexity index is 420. The molecule has 0 heterocycles. The maximum atomic E-state index is 12.3. The molecule has 1 aromatic rings. The average molecular weight is 378 g/mol. The lowest BCUT2D eigenvalue weighted by atomic mass is 9.76. The van der Waals surface area contributed by atoms with Gasteiger partial charge in [0.25, 0.3) is 0 Å². The predicted molar refractivity (Wildman–Crippen MR) is 80.8 cm³/mol. The first kappa shape index (κ1) is 15.7. The van der Waals surface area contributed by atoms with Crippen LogP contribution in [0.15, 0.2) is 28.7 Å². The Hall–Kier alpha value is -0.350. The van der Waals surface area contributed by atoms with Gasteiger partial charge in [-0.2, -0.15) is 0 Å². The molecule has 0 saturated carbocycles. The van der Waals surface area contributed by atoms with Crippen LogP contribution in [0.2, 0.25) is 0 Å². The van der Waals surface area contributed by atoms with Gasteiger partial charge in [0.1, 0.15) is 0 Å². The van der Waals surface area contributed by atoms with Crippen molar-refractivity contribution in [2.24, 2.45) is 5.41 Å². The van der Waals surface area contributed by atoms with Gasteiger partial charge in [-0.1, -0.05) is 64.8 Å². The molecule has 1 aromatic carbocycles. The van der Waals surface area contributed by atoms with Crippen LogP contribution >= 0.6 is 31.9 Å². The smallest absolute Gasteiger partial charge is 0.327 e. The molecule has 0 aliphatic heterocycles. The zero-order chi connectivity index (χ0) is 14.0. The number of benzene rings is 1. The van der Waals surface area contributed by atoms with Gasteiger partial charge < -0.3 is 4.74 Å². The molecular weight excluding hydrogens is 360 g/mol. The first-order valence-electron chi connectivity index (χ1n) is 5.85. The number of carbonyl (C=O) groups excluding carboxylic acids is 1. The fourth-order valence-electron chi connectivity index (χ4n) is 1.77. The zero-order valence-electron chi connectivity index (χ0n) is 11.1. The lowest BCUT2D eigenvalue weighted by molar-refractivity contribution is -0.149. The minimum atomic E-state index is -0.837. The molecule has 2 nitrogen and oxygen atoms in total. The van der Waals surface area contributed by atoms with Gasteiger partial charge in [0.05, 0.1) is 6.61 Å². The standard InChI is InChI=1S/C14H18Br2O2/c1-5-18-12(17)14(16,13(2,3)4)10-6-8-11(15)9-7-10/h6-9H,5H2,1-4H3. The van der Waals surface area contributed by atoms with Gasteiger partial charge in [-0.15, -0.1) is 0 Å². The van der Waals surface area contributed by atoms with Crippen molar-refractivity contribution >= 4 is 37.8 Å². The molecule has 0 bridgehead atoms. The van der Waals surface area contributed by atoms with Crippen LogP contribution in [0.3, 0.4) is 0 Å². The molecule has 0 N–H and O–H groups in total. The highest BCUT2D eigenvalue weighted by atomic mass is 79.9. The average Bonchev–Trinajstić information content (AvgIpc) is 2.27. The molecule has 0 aliphatic rings. The Labute approximate surface area is 125 Å². The van der Waals surface area contributed by atoms with Crippen LogP contribution < -0.4 is 0 Å². The molecule has 4 heteroatoms. The summed E-state index contributed by atoms with van der Waals surface area (Å²) in [5.41, 5.74) is 0.601. The summed E-state index contributed by atoms with van der Waals surface area (Å²) < 4.78 is 5.37. The van der Waals surface area contributed by atoms with E-state index < -0.39 is 4.32 Å². The van der Waals surface area contributed by atoms with Crippen molar-refractivity contribution in [3.63, 3.8) is 0 Å². The minimum Gasteiger partial charge on any atom is -0.465 e. The maximum absolute atomic E-state index is 12.3. The van der Waals surface area contributed by atoms with E-state index in [9.17, 15) is 4.79 Å². The molecule has 1 unspecified atom stereocenters. The number of ether oxygens (including phenoxy) is 1. The summed E-state index contributed by atoms with van der Waals surface area (Å²) in [6.07, 6.45) is 0. The van der Waals surface area contributed by atoms with Gasteiger partial charge in [0.15, 0.2) is 4.32 Å². The molecule has 0 fully saturated rings. The molecule has 100 valence electrons. The van der Waals surface area contributed by atoms with E-state index in [4.69, 9.17) is 4.74 Å². The van der Waals surface area contributed by atoms with Crippen molar-refractivity contribution in [3.8, 4) is 0 Å². The van der Waals surface area contributed by atoms with E-state index in [2.05, 4.69) is 31.9 Å². The van der Waals surface area contributed by atoms with E-state index in [1.807, 2.05) is 52.0 Å². The molecule has 1 atom stereocenters. The summed E-state index contributed by atoms with van der Waals surface area (Å²) in [7, 11) is 0. The third-order valence-electron chi connectivity index (χ3n) is 2.83. The van der Waals surface area contributed by atoms with Gasteiger partial charge in [-0.05, 0) is 30.0 Å². The minimum absolute atomic E-state index is 0.250. The molecule has 0 spiro atoms. The van der Waals surface area contributed by atoms with Crippen molar-refractivity contribution in [1.82, 2.24) is 0 Å². The highest BCUT2D eigenvalue weighted by molar-refractivity contribution is 9.10. The van der Waals surface area contributed by atoms with Crippen LogP contribution in [0.4, 0.5) is 0 Å². The second kappa shape index (κ2) is 5.74. The number of halogens is 2. The molecule has 18 heavy (non-hydrogen) atoms. The Balaban J connectivity index is 3.29. The SMILES string of the molecule is CCOC(=O)C(Br)(c1ccc(Br)cc1)C(C)(C)C. The summed E-state index contributed by atoms with van der Waals surface area (Å²) in [4.78, 5) is 12.3.